The highest BCUT2D eigenvalue weighted by molar-refractivity contribution is 4.88. The van der Waals surface area contributed by atoms with Gasteiger partial charge in [-0.2, -0.15) is 0 Å². The largest absolute Gasteiger partial charge is 0.424 e. The smallest absolute Gasteiger partial charge is 0.232 e. The van der Waals surface area contributed by atoms with E-state index < -0.39 is 0 Å². The Bertz CT molecular complexity index is 273. The molecule has 0 spiro atoms. The molecule has 1 aromatic rings. The Balaban J connectivity index is 2.70. The maximum Gasteiger partial charge on any atom is 0.232 e. The number of aromatic nitrogens is 2. The lowest BCUT2D eigenvalue weighted by Gasteiger charge is -2.14. The molecule has 13 heavy (non-hydrogen) atoms. The van der Waals surface area contributed by atoms with Gasteiger partial charge < -0.3 is 10.2 Å². The van der Waals surface area contributed by atoms with Crippen molar-refractivity contribution in [3.63, 3.8) is 0 Å². The van der Waals surface area contributed by atoms with Crippen LogP contribution in [0, 0.1) is 5.41 Å². The van der Waals surface area contributed by atoms with E-state index in [1.54, 1.807) is 0 Å². The van der Waals surface area contributed by atoms with Crippen molar-refractivity contribution in [2.24, 2.45) is 11.1 Å². The first-order valence-corrected chi connectivity index (χ1v) is 4.46. The van der Waals surface area contributed by atoms with Gasteiger partial charge in [0.1, 0.15) is 0 Å². The molecule has 2 N–H and O–H groups in total. The zero-order valence-corrected chi connectivity index (χ0v) is 8.66. The Labute approximate surface area is 78.5 Å². The summed E-state index contributed by atoms with van der Waals surface area (Å²) in [5.41, 5.74) is 5.76. The first-order valence-electron chi connectivity index (χ1n) is 4.46. The van der Waals surface area contributed by atoms with Gasteiger partial charge in [-0.05, 0) is 12.3 Å². The van der Waals surface area contributed by atoms with Crippen molar-refractivity contribution in [2.45, 2.75) is 40.2 Å². The summed E-state index contributed by atoms with van der Waals surface area (Å²) >= 11 is 0. The van der Waals surface area contributed by atoms with Gasteiger partial charge in [-0.25, -0.2) is 0 Å². The monoisotopic (exact) mass is 183 g/mol. The van der Waals surface area contributed by atoms with Crippen LogP contribution in [0.4, 0.5) is 0 Å². The molecule has 0 saturated heterocycles. The second-order valence-electron chi connectivity index (χ2n) is 4.56. The van der Waals surface area contributed by atoms with Gasteiger partial charge in [0.2, 0.25) is 11.8 Å². The van der Waals surface area contributed by atoms with E-state index in [9.17, 15) is 0 Å². The molecule has 0 aliphatic heterocycles. The van der Waals surface area contributed by atoms with Crippen LogP contribution in [0.5, 0.6) is 0 Å². The minimum atomic E-state index is -0.179. The SMILES string of the molecule is CC(N)c1nnc(CC(C)(C)C)o1. The molecule has 0 amide bonds. The lowest BCUT2D eigenvalue weighted by atomic mass is 9.92. The number of rotatable bonds is 2. The maximum atomic E-state index is 5.59. The fourth-order valence-corrected chi connectivity index (χ4v) is 0.976. The predicted octanol–water partition coefficient (Wildman–Crippen LogP) is 1.68. The van der Waals surface area contributed by atoms with E-state index in [2.05, 4.69) is 31.0 Å². The fraction of sp³-hybridized carbons (Fsp3) is 0.778. The standard InChI is InChI=1S/C9H17N3O/c1-6(10)8-12-11-7(13-8)5-9(2,3)4/h6H,5,10H2,1-4H3. The normalized spacial score (nSPS) is 14.5. The van der Waals surface area contributed by atoms with Gasteiger partial charge in [0.05, 0.1) is 6.04 Å². The van der Waals surface area contributed by atoms with Gasteiger partial charge in [0.15, 0.2) is 0 Å². The van der Waals surface area contributed by atoms with Crippen molar-refractivity contribution < 1.29 is 4.42 Å². The summed E-state index contributed by atoms with van der Waals surface area (Å²) in [7, 11) is 0. The molecule has 1 rings (SSSR count). The number of hydrogen-bond donors (Lipinski definition) is 1. The van der Waals surface area contributed by atoms with Crippen LogP contribution in [0.15, 0.2) is 4.42 Å². The summed E-state index contributed by atoms with van der Waals surface area (Å²) in [5.74, 6) is 1.18. The average molecular weight is 183 g/mol. The molecule has 1 atom stereocenters. The maximum absolute atomic E-state index is 5.59. The lowest BCUT2D eigenvalue weighted by Crippen LogP contribution is -2.09. The molecule has 1 heterocycles. The van der Waals surface area contributed by atoms with Crippen LogP contribution in [0.2, 0.25) is 0 Å². The van der Waals surface area contributed by atoms with Gasteiger partial charge in [-0.15, -0.1) is 10.2 Å². The third kappa shape index (κ3) is 3.14. The third-order valence-electron chi connectivity index (χ3n) is 1.55. The van der Waals surface area contributed by atoms with Crippen molar-refractivity contribution >= 4 is 0 Å². The fourth-order valence-electron chi connectivity index (χ4n) is 0.976. The highest BCUT2D eigenvalue weighted by Gasteiger charge is 2.17. The Kier molecular flexibility index (Phi) is 2.71. The number of nitrogens with two attached hydrogens (primary N) is 1. The molecule has 0 saturated carbocycles. The highest BCUT2D eigenvalue weighted by atomic mass is 16.4. The first kappa shape index (κ1) is 10.2. The summed E-state index contributed by atoms with van der Waals surface area (Å²) in [4.78, 5) is 0. The van der Waals surface area contributed by atoms with Crippen LogP contribution >= 0.6 is 0 Å². The van der Waals surface area contributed by atoms with Crippen LogP contribution in [0.3, 0.4) is 0 Å². The lowest BCUT2D eigenvalue weighted by molar-refractivity contribution is 0.340. The average Bonchev–Trinajstić information content (AvgIpc) is 2.31. The van der Waals surface area contributed by atoms with Gasteiger partial charge >= 0.3 is 0 Å². The minimum Gasteiger partial charge on any atom is -0.424 e. The van der Waals surface area contributed by atoms with E-state index in [0.29, 0.717) is 11.8 Å². The third-order valence-corrected chi connectivity index (χ3v) is 1.55. The Morgan fingerprint density at radius 3 is 2.38 bits per heavy atom. The Hall–Kier alpha value is -0.900. The van der Waals surface area contributed by atoms with Gasteiger partial charge in [0.25, 0.3) is 0 Å². The summed E-state index contributed by atoms with van der Waals surface area (Å²) < 4.78 is 5.37. The Morgan fingerprint density at radius 2 is 2.00 bits per heavy atom. The number of hydrogen-bond acceptors (Lipinski definition) is 4. The molecule has 0 aromatic carbocycles. The number of nitrogens with zero attached hydrogens (tertiary/aromatic N) is 2. The van der Waals surface area contributed by atoms with Crippen molar-refractivity contribution in [3.8, 4) is 0 Å². The minimum absolute atomic E-state index is 0.168. The van der Waals surface area contributed by atoms with E-state index in [1.807, 2.05) is 6.92 Å². The van der Waals surface area contributed by atoms with E-state index in [1.165, 1.54) is 0 Å². The molecular weight excluding hydrogens is 166 g/mol. The molecule has 0 fully saturated rings. The van der Waals surface area contributed by atoms with Crippen molar-refractivity contribution in [3.05, 3.63) is 11.8 Å². The van der Waals surface area contributed by atoms with Gasteiger partial charge in [-0.3, -0.25) is 0 Å². The zero-order chi connectivity index (χ0) is 10.1. The molecule has 0 aliphatic carbocycles. The van der Waals surface area contributed by atoms with Crippen LogP contribution in [0.25, 0.3) is 0 Å². The Morgan fingerprint density at radius 1 is 1.38 bits per heavy atom. The molecule has 1 aromatic heterocycles. The summed E-state index contributed by atoms with van der Waals surface area (Å²) in [5, 5.41) is 7.78. The predicted molar refractivity (Wildman–Crippen MR) is 50.1 cm³/mol. The van der Waals surface area contributed by atoms with Gasteiger partial charge in [0, 0.05) is 6.42 Å². The van der Waals surface area contributed by atoms with E-state index in [-0.39, 0.29) is 11.5 Å². The van der Waals surface area contributed by atoms with E-state index >= 15 is 0 Å². The van der Waals surface area contributed by atoms with Gasteiger partial charge in [-0.1, -0.05) is 20.8 Å². The van der Waals surface area contributed by atoms with Crippen LogP contribution < -0.4 is 5.73 Å². The summed E-state index contributed by atoms with van der Waals surface area (Å²) in [6, 6.07) is -0.179. The first-order chi connectivity index (χ1) is 5.88. The molecule has 4 nitrogen and oxygen atoms in total. The molecule has 4 heteroatoms. The molecule has 1 unspecified atom stereocenters. The summed E-state index contributed by atoms with van der Waals surface area (Å²) in [6.07, 6.45) is 0.784. The molecule has 74 valence electrons. The zero-order valence-electron chi connectivity index (χ0n) is 8.66. The second-order valence-corrected chi connectivity index (χ2v) is 4.56. The quantitative estimate of drug-likeness (QED) is 0.757. The molecule has 0 radical (unpaired) electrons. The molecule has 0 bridgehead atoms. The summed E-state index contributed by atoms with van der Waals surface area (Å²) in [6.45, 7) is 8.21. The van der Waals surface area contributed by atoms with E-state index in [4.69, 9.17) is 10.2 Å². The topological polar surface area (TPSA) is 64.9 Å². The second kappa shape index (κ2) is 3.46. The van der Waals surface area contributed by atoms with Crippen LogP contribution in [0.1, 0.15) is 45.5 Å². The van der Waals surface area contributed by atoms with Crippen LogP contribution in [-0.2, 0) is 6.42 Å². The van der Waals surface area contributed by atoms with Crippen molar-refractivity contribution in [1.82, 2.24) is 10.2 Å². The van der Waals surface area contributed by atoms with Crippen molar-refractivity contribution in [1.29, 1.82) is 0 Å². The highest BCUT2D eigenvalue weighted by Crippen LogP contribution is 2.20. The van der Waals surface area contributed by atoms with E-state index in [0.717, 1.165) is 6.42 Å². The molecule has 0 aliphatic rings. The van der Waals surface area contributed by atoms with Crippen LogP contribution in [-0.4, -0.2) is 10.2 Å². The van der Waals surface area contributed by atoms with Crippen molar-refractivity contribution in [2.75, 3.05) is 0 Å². The molecular formula is C9H17N3O.